The molecule has 2 atom stereocenters. The molecule has 3 N–H and O–H groups in total. The lowest BCUT2D eigenvalue weighted by molar-refractivity contribution is -0.160. The van der Waals surface area contributed by atoms with E-state index in [4.69, 9.17) is 4.74 Å². The van der Waals surface area contributed by atoms with E-state index in [1.165, 1.54) is 19.3 Å². The molecular weight excluding hydrogens is 260 g/mol. The van der Waals surface area contributed by atoms with Gasteiger partial charge >= 0.3 is 0 Å². The van der Waals surface area contributed by atoms with Crippen LogP contribution in [0.4, 0.5) is 0 Å². The Bertz CT molecular complexity index is 561. The summed E-state index contributed by atoms with van der Waals surface area (Å²) in [4.78, 5) is 11.9. The average Bonchev–Trinajstić information content (AvgIpc) is 2.47. The molecule has 0 aromatic heterocycles. The van der Waals surface area contributed by atoms with Gasteiger partial charge in [0.1, 0.15) is 11.9 Å². The van der Waals surface area contributed by atoms with E-state index >= 15 is 0 Å². The molecule has 1 aliphatic carbocycles. The Balaban J connectivity index is 2.34. The third-order valence-electron chi connectivity index (χ3n) is 3.23. The number of carbonyl (C=O) groups excluding carboxylic acids is 1. The first-order valence-electron chi connectivity index (χ1n) is 6.13. The maximum absolute atomic E-state index is 11.9. The van der Waals surface area contributed by atoms with Crippen LogP contribution < -0.4 is 0 Å². The highest BCUT2D eigenvalue weighted by molar-refractivity contribution is 6.00. The van der Waals surface area contributed by atoms with Crippen LogP contribution in [0.25, 0.3) is 0 Å². The summed E-state index contributed by atoms with van der Waals surface area (Å²) < 4.78 is 4.80. The highest BCUT2D eigenvalue weighted by Gasteiger charge is 2.34. The summed E-state index contributed by atoms with van der Waals surface area (Å²) in [6.07, 6.45) is 0.948. The summed E-state index contributed by atoms with van der Waals surface area (Å²) in [6.45, 7) is 0. The standard InChI is InChI=1S/C15H16O5/c1-20-15(19)8-7-11(12(16)9-15)14(18)13(17)10-5-3-2-4-6-10/h2-8,13,17-19H,9H2,1H3. The minimum atomic E-state index is -1.65. The van der Waals surface area contributed by atoms with E-state index in [2.05, 4.69) is 0 Å². The van der Waals surface area contributed by atoms with Crippen molar-refractivity contribution >= 4 is 5.78 Å². The van der Waals surface area contributed by atoms with Crippen molar-refractivity contribution < 1.29 is 24.9 Å². The van der Waals surface area contributed by atoms with Gasteiger partial charge in [-0.2, -0.15) is 0 Å². The Labute approximate surface area is 116 Å². The van der Waals surface area contributed by atoms with Crippen molar-refractivity contribution in [1.82, 2.24) is 0 Å². The quantitative estimate of drug-likeness (QED) is 0.441. The number of rotatable bonds is 3. The summed E-state index contributed by atoms with van der Waals surface area (Å²) in [5, 5.41) is 29.9. The van der Waals surface area contributed by atoms with Crippen molar-refractivity contribution in [2.75, 3.05) is 7.11 Å². The number of aliphatic hydroxyl groups excluding tert-OH is 2. The average molecular weight is 276 g/mol. The lowest BCUT2D eigenvalue weighted by Gasteiger charge is -2.26. The molecule has 0 aliphatic heterocycles. The molecule has 0 bridgehead atoms. The van der Waals surface area contributed by atoms with Crippen molar-refractivity contribution in [3.63, 3.8) is 0 Å². The van der Waals surface area contributed by atoms with Gasteiger partial charge in [-0.1, -0.05) is 30.3 Å². The number of Topliss-reactive ketones (excluding diaryl/α,β-unsaturated/α-hetero) is 1. The topological polar surface area (TPSA) is 87.0 Å². The fraction of sp³-hybridized carbons (Fsp3) is 0.267. The maximum atomic E-state index is 11.9. The normalized spacial score (nSPS) is 26.4. The summed E-state index contributed by atoms with van der Waals surface area (Å²) in [7, 11) is 1.28. The third-order valence-corrected chi connectivity index (χ3v) is 3.23. The Morgan fingerprint density at radius 2 is 2.00 bits per heavy atom. The second-order valence-electron chi connectivity index (χ2n) is 4.59. The molecule has 0 heterocycles. The molecule has 2 unspecified atom stereocenters. The van der Waals surface area contributed by atoms with E-state index in [1.54, 1.807) is 30.3 Å². The van der Waals surface area contributed by atoms with Crippen LogP contribution in [0.15, 0.2) is 53.8 Å². The van der Waals surface area contributed by atoms with Gasteiger partial charge < -0.3 is 20.1 Å². The molecule has 0 spiro atoms. The zero-order chi connectivity index (χ0) is 14.8. The van der Waals surface area contributed by atoms with E-state index in [0.717, 1.165) is 0 Å². The minimum Gasteiger partial charge on any atom is -0.508 e. The number of hydrogen-bond donors (Lipinski definition) is 3. The van der Waals surface area contributed by atoms with E-state index in [-0.39, 0.29) is 12.0 Å². The predicted molar refractivity (Wildman–Crippen MR) is 71.8 cm³/mol. The molecule has 5 nitrogen and oxygen atoms in total. The van der Waals surface area contributed by atoms with Gasteiger partial charge in [0.25, 0.3) is 0 Å². The summed E-state index contributed by atoms with van der Waals surface area (Å²) in [5.74, 6) is -2.58. The Morgan fingerprint density at radius 3 is 2.55 bits per heavy atom. The molecule has 5 heteroatoms. The molecule has 0 saturated heterocycles. The van der Waals surface area contributed by atoms with Gasteiger partial charge in [-0.15, -0.1) is 0 Å². The summed E-state index contributed by atoms with van der Waals surface area (Å²) in [5.41, 5.74) is 0.453. The lowest BCUT2D eigenvalue weighted by Crippen LogP contribution is -2.35. The molecule has 1 aromatic rings. The van der Waals surface area contributed by atoms with Crippen molar-refractivity contribution in [2.45, 2.75) is 18.3 Å². The van der Waals surface area contributed by atoms with Crippen LogP contribution in [-0.4, -0.2) is 34.0 Å². The van der Waals surface area contributed by atoms with Crippen molar-refractivity contribution in [1.29, 1.82) is 0 Å². The molecule has 0 amide bonds. The molecule has 1 aromatic carbocycles. The van der Waals surface area contributed by atoms with Crippen molar-refractivity contribution in [3.8, 4) is 0 Å². The first kappa shape index (κ1) is 14.5. The fourth-order valence-corrected chi connectivity index (χ4v) is 2.00. The van der Waals surface area contributed by atoms with E-state index in [9.17, 15) is 20.1 Å². The molecule has 2 rings (SSSR count). The van der Waals surface area contributed by atoms with Crippen LogP contribution in [0.2, 0.25) is 0 Å². The first-order chi connectivity index (χ1) is 9.47. The molecule has 1 aliphatic rings. The van der Waals surface area contributed by atoms with Crippen LogP contribution in [0, 0.1) is 0 Å². The van der Waals surface area contributed by atoms with Gasteiger partial charge in [-0.25, -0.2) is 0 Å². The van der Waals surface area contributed by atoms with Gasteiger partial charge in [0.05, 0.1) is 12.0 Å². The van der Waals surface area contributed by atoms with Gasteiger partial charge in [0, 0.05) is 7.11 Å². The monoisotopic (exact) mass is 276 g/mol. The zero-order valence-electron chi connectivity index (χ0n) is 11.0. The number of ketones is 1. The molecular formula is C15H16O5. The van der Waals surface area contributed by atoms with Gasteiger partial charge in [0.2, 0.25) is 0 Å². The second kappa shape index (κ2) is 5.58. The van der Waals surface area contributed by atoms with Crippen LogP contribution in [0.5, 0.6) is 0 Å². The van der Waals surface area contributed by atoms with Gasteiger partial charge in [-0.3, -0.25) is 4.79 Å². The molecule has 0 fully saturated rings. The number of hydrogen-bond acceptors (Lipinski definition) is 5. The Morgan fingerprint density at radius 1 is 1.35 bits per heavy atom. The second-order valence-corrected chi connectivity index (χ2v) is 4.59. The fourth-order valence-electron chi connectivity index (χ4n) is 2.00. The molecule has 0 saturated carbocycles. The largest absolute Gasteiger partial charge is 0.508 e. The number of benzene rings is 1. The van der Waals surface area contributed by atoms with Crippen molar-refractivity contribution in [2.24, 2.45) is 0 Å². The first-order valence-corrected chi connectivity index (χ1v) is 6.13. The van der Waals surface area contributed by atoms with Crippen molar-refractivity contribution in [3.05, 3.63) is 59.4 Å². The Kier molecular flexibility index (Phi) is 4.04. The highest BCUT2D eigenvalue weighted by atomic mass is 16.6. The molecule has 0 radical (unpaired) electrons. The maximum Gasteiger partial charge on any atom is 0.192 e. The number of ether oxygens (including phenoxy) is 1. The highest BCUT2D eigenvalue weighted by Crippen LogP contribution is 2.29. The summed E-state index contributed by atoms with van der Waals surface area (Å²) >= 11 is 0. The van der Waals surface area contributed by atoms with Crippen LogP contribution in [0.3, 0.4) is 0 Å². The number of aliphatic hydroxyl groups is 3. The predicted octanol–water partition coefficient (Wildman–Crippen LogP) is 1.40. The van der Waals surface area contributed by atoms with E-state index in [0.29, 0.717) is 5.56 Å². The SMILES string of the molecule is COC1(O)C=CC(=C(O)C(O)c2ccccc2)C(=O)C1. The van der Waals surface area contributed by atoms with Gasteiger partial charge in [-0.05, 0) is 17.7 Å². The zero-order valence-corrected chi connectivity index (χ0v) is 11.0. The van der Waals surface area contributed by atoms with Crippen LogP contribution in [0.1, 0.15) is 18.1 Å². The molecule has 106 valence electrons. The van der Waals surface area contributed by atoms with E-state index < -0.39 is 23.4 Å². The van der Waals surface area contributed by atoms with Crippen LogP contribution in [-0.2, 0) is 9.53 Å². The van der Waals surface area contributed by atoms with Gasteiger partial charge in [0.15, 0.2) is 11.6 Å². The number of allylic oxidation sites excluding steroid dienone is 2. The molecule has 20 heavy (non-hydrogen) atoms. The lowest BCUT2D eigenvalue weighted by atomic mass is 9.92. The van der Waals surface area contributed by atoms with E-state index in [1.807, 2.05) is 0 Å². The van der Waals surface area contributed by atoms with Crippen LogP contribution >= 0.6 is 0 Å². The number of carbonyl (C=O) groups is 1. The minimum absolute atomic E-state index is 0.0249. The third kappa shape index (κ3) is 2.80. The Hall–Kier alpha value is -1.95. The summed E-state index contributed by atoms with van der Waals surface area (Å²) in [6, 6.07) is 8.51. The smallest absolute Gasteiger partial charge is 0.192 e. The number of methoxy groups -OCH3 is 1.